The van der Waals surface area contributed by atoms with Crippen LogP contribution in [0.2, 0.25) is 5.02 Å². The molecule has 0 aliphatic carbocycles. The van der Waals surface area contributed by atoms with Gasteiger partial charge in [-0.3, -0.25) is 9.59 Å². The quantitative estimate of drug-likeness (QED) is 0.615. The lowest BCUT2D eigenvalue weighted by Crippen LogP contribution is -2.21. The molecule has 0 aromatic heterocycles. The third-order valence-corrected chi connectivity index (χ3v) is 4.43. The predicted molar refractivity (Wildman–Crippen MR) is 112 cm³/mol. The van der Waals surface area contributed by atoms with E-state index in [1.54, 1.807) is 56.6 Å². The minimum absolute atomic E-state index is 0.0567. The standard InChI is InChI=1S/C22H18ClN3O3/c1-26(2)22(28)15-3-6-19(7-4-15)25-21(27)17(12-24)10-14-9-16-11-18(23)5-8-20(16)29-13-14/h3-11H,13H2,1-2H3,(H,25,27)/b17-10-. The molecule has 0 saturated carbocycles. The Hall–Kier alpha value is -3.56. The Morgan fingerprint density at radius 3 is 2.59 bits per heavy atom. The highest BCUT2D eigenvalue weighted by Crippen LogP contribution is 2.29. The molecule has 0 fully saturated rings. The first-order chi connectivity index (χ1) is 13.9. The molecule has 0 unspecified atom stereocenters. The van der Waals surface area contributed by atoms with Crippen molar-refractivity contribution in [2.75, 3.05) is 26.0 Å². The fraction of sp³-hybridized carbons (Fsp3) is 0.136. The molecule has 0 spiro atoms. The van der Waals surface area contributed by atoms with Gasteiger partial charge >= 0.3 is 0 Å². The van der Waals surface area contributed by atoms with Crippen molar-refractivity contribution in [2.45, 2.75) is 0 Å². The number of nitriles is 1. The van der Waals surface area contributed by atoms with E-state index in [2.05, 4.69) is 5.32 Å². The Morgan fingerprint density at radius 2 is 1.93 bits per heavy atom. The van der Waals surface area contributed by atoms with Crippen molar-refractivity contribution in [3.05, 3.63) is 75.8 Å². The van der Waals surface area contributed by atoms with Crippen LogP contribution in [-0.2, 0) is 4.79 Å². The number of carbonyl (C=O) groups excluding carboxylic acids is 2. The Morgan fingerprint density at radius 1 is 1.21 bits per heavy atom. The van der Waals surface area contributed by atoms with Crippen molar-refractivity contribution in [1.29, 1.82) is 5.26 Å². The first-order valence-electron chi connectivity index (χ1n) is 8.75. The zero-order valence-corrected chi connectivity index (χ0v) is 16.7. The third kappa shape index (κ3) is 4.84. The van der Waals surface area contributed by atoms with Gasteiger partial charge in [0.2, 0.25) is 0 Å². The van der Waals surface area contributed by atoms with Gasteiger partial charge in [-0.1, -0.05) is 11.6 Å². The largest absolute Gasteiger partial charge is 0.488 e. The molecule has 3 rings (SSSR count). The lowest BCUT2D eigenvalue weighted by molar-refractivity contribution is -0.112. The lowest BCUT2D eigenvalue weighted by atomic mass is 10.0. The van der Waals surface area contributed by atoms with Crippen LogP contribution in [0.1, 0.15) is 15.9 Å². The summed E-state index contributed by atoms with van der Waals surface area (Å²) in [5.74, 6) is 0.0175. The highest BCUT2D eigenvalue weighted by molar-refractivity contribution is 6.30. The highest BCUT2D eigenvalue weighted by Gasteiger charge is 2.15. The van der Waals surface area contributed by atoms with Gasteiger partial charge in [-0.2, -0.15) is 5.26 Å². The monoisotopic (exact) mass is 407 g/mol. The van der Waals surface area contributed by atoms with Crippen LogP contribution in [0.4, 0.5) is 5.69 Å². The number of anilines is 1. The van der Waals surface area contributed by atoms with Crippen molar-refractivity contribution in [1.82, 2.24) is 4.90 Å². The second-order valence-electron chi connectivity index (χ2n) is 6.59. The average Bonchev–Trinajstić information content (AvgIpc) is 2.71. The molecule has 6 nitrogen and oxygen atoms in total. The van der Waals surface area contributed by atoms with Gasteiger partial charge < -0.3 is 15.0 Å². The van der Waals surface area contributed by atoms with Crippen molar-refractivity contribution in [3.8, 4) is 11.8 Å². The maximum atomic E-state index is 12.5. The van der Waals surface area contributed by atoms with Crippen molar-refractivity contribution in [3.63, 3.8) is 0 Å². The summed E-state index contributed by atoms with van der Waals surface area (Å²) in [6, 6.07) is 13.6. The SMILES string of the molecule is CN(C)C(=O)c1ccc(NC(=O)/C(C#N)=C\C2=Cc3cc(Cl)ccc3OC2)cc1. The number of fused-ring (bicyclic) bond motifs is 1. The van der Waals surface area contributed by atoms with Gasteiger partial charge in [0, 0.05) is 35.9 Å². The zero-order chi connectivity index (χ0) is 21.0. The molecule has 2 aromatic carbocycles. The number of nitrogens with one attached hydrogen (secondary N) is 1. The predicted octanol–water partition coefficient (Wildman–Crippen LogP) is 3.91. The molecule has 2 aromatic rings. The van der Waals surface area contributed by atoms with E-state index in [0.29, 0.717) is 27.6 Å². The number of hydrogen-bond acceptors (Lipinski definition) is 4. The molecule has 2 amide bonds. The molecule has 146 valence electrons. The first kappa shape index (κ1) is 20.2. The van der Waals surface area contributed by atoms with E-state index in [1.807, 2.05) is 12.1 Å². The minimum atomic E-state index is -0.544. The molecular weight excluding hydrogens is 390 g/mol. The number of halogens is 1. The van der Waals surface area contributed by atoms with E-state index in [-0.39, 0.29) is 18.1 Å². The summed E-state index contributed by atoms with van der Waals surface area (Å²) < 4.78 is 5.64. The molecule has 1 heterocycles. The number of ether oxygens (including phenoxy) is 1. The smallest absolute Gasteiger partial charge is 0.266 e. The second kappa shape index (κ2) is 8.63. The van der Waals surface area contributed by atoms with Crippen molar-refractivity contribution in [2.24, 2.45) is 0 Å². The fourth-order valence-electron chi connectivity index (χ4n) is 2.74. The normalized spacial score (nSPS) is 12.8. The minimum Gasteiger partial charge on any atom is -0.488 e. The fourth-order valence-corrected chi connectivity index (χ4v) is 2.92. The lowest BCUT2D eigenvalue weighted by Gasteiger charge is -2.16. The summed E-state index contributed by atoms with van der Waals surface area (Å²) in [5.41, 5.74) is 2.40. The van der Waals surface area contributed by atoms with Crippen molar-refractivity contribution < 1.29 is 14.3 Å². The topological polar surface area (TPSA) is 82.4 Å². The number of benzene rings is 2. The summed E-state index contributed by atoms with van der Waals surface area (Å²) in [5, 5.41) is 12.6. The number of carbonyl (C=O) groups is 2. The summed E-state index contributed by atoms with van der Waals surface area (Å²) in [7, 11) is 3.33. The van der Waals surface area contributed by atoms with Crippen LogP contribution in [0.3, 0.4) is 0 Å². The average molecular weight is 408 g/mol. The molecule has 1 N–H and O–H groups in total. The van der Waals surface area contributed by atoms with Gasteiger partial charge in [-0.15, -0.1) is 0 Å². The number of hydrogen-bond donors (Lipinski definition) is 1. The molecule has 0 bridgehead atoms. The molecule has 0 saturated heterocycles. The van der Waals surface area contributed by atoms with Gasteiger partial charge in [0.1, 0.15) is 24.0 Å². The maximum Gasteiger partial charge on any atom is 0.266 e. The third-order valence-electron chi connectivity index (χ3n) is 4.20. The Bertz CT molecular complexity index is 1060. The van der Waals surface area contributed by atoms with Gasteiger partial charge in [0.15, 0.2) is 0 Å². The molecular formula is C22H18ClN3O3. The van der Waals surface area contributed by atoms with Gasteiger partial charge in [0.25, 0.3) is 11.8 Å². The molecule has 7 heteroatoms. The number of nitrogens with zero attached hydrogens (tertiary/aromatic N) is 2. The van der Waals surface area contributed by atoms with E-state index in [1.165, 1.54) is 11.0 Å². The first-order valence-corrected chi connectivity index (χ1v) is 9.13. The summed E-state index contributed by atoms with van der Waals surface area (Å²) >= 11 is 6.01. The van der Waals surface area contributed by atoms with Crippen LogP contribution in [0.25, 0.3) is 6.08 Å². The van der Waals surface area contributed by atoms with E-state index in [9.17, 15) is 14.9 Å². The number of rotatable bonds is 4. The summed E-state index contributed by atoms with van der Waals surface area (Å²) in [6.45, 7) is 0.244. The Kier molecular flexibility index (Phi) is 6.01. The Labute approximate surface area is 173 Å². The maximum absolute atomic E-state index is 12.5. The van der Waals surface area contributed by atoms with Crippen LogP contribution in [0, 0.1) is 11.3 Å². The summed E-state index contributed by atoms with van der Waals surface area (Å²) in [4.78, 5) is 25.9. The van der Waals surface area contributed by atoms with Crippen LogP contribution in [0.15, 0.2) is 59.7 Å². The molecule has 0 atom stereocenters. The van der Waals surface area contributed by atoms with Gasteiger partial charge in [-0.05, 0) is 60.2 Å². The zero-order valence-electron chi connectivity index (χ0n) is 15.9. The van der Waals surface area contributed by atoms with E-state index >= 15 is 0 Å². The Balaban J connectivity index is 1.76. The van der Waals surface area contributed by atoms with Gasteiger partial charge in [-0.25, -0.2) is 0 Å². The van der Waals surface area contributed by atoms with Crippen LogP contribution >= 0.6 is 11.6 Å². The molecule has 29 heavy (non-hydrogen) atoms. The van der Waals surface area contributed by atoms with Gasteiger partial charge in [0.05, 0.1) is 0 Å². The van der Waals surface area contributed by atoms with E-state index < -0.39 is 5.91 Å². The van der Waals surface area contributed by atoms with E-state index in [4.69, 9.17) is 16.3 Å². The van der Waals surface area contributed by atoms with E-state index in [0.717, 1.165) is 5.56 Å². The molecule has 1 aliphatic heterocycles. The highest BCUT2D eigenvalue weighted by atomic mass is 35.5. The van der Waals surface area contributed by atoms with Crippen LogP contribution in [0.5, 0.6) is 5.75 Å². The van der Waals surface area contributed by atoms with Crippen LogP contribution < -0.4 is 10.1 Å². The summed E-state index contributed by atoms with van der Waals surface area (Å²) in [6.07, 6.45) is 3.32. The van der Waals surface area contributed by atoms with Crippen molar-refractivity contribution >= 4 is 35.2 Å². The van der Waals surface area contributed by atoms with Crippen LogP contribution in [-0.4, -0.2) is 37.4 Å². The molecule has 0 radical (unpaired) electrons. The number of amides is 2. The molecule has 1 aliphatic rings. The second-order valence-corrected chi connectivity index (χ2v) is 7.03.